The van der Waals surface area contributed by atoms with Gasteiger partial charge in [0.1, 0.15) is 0 Å². The van der Waals surface area contributed by atoms with Gasteiger partial charge >= 0.3 is 0 Å². The number of hydrogen-bond donors (Lipinski definition) is 1. The standard InChI is InChI=1S/C13H23N3/c1-8-12(9(2)16(6)15-8)10-7-11(14-5)13(10,3)4/h10-11,14H,7H2,1-6H3. The highest BCUT2D eigenvalue weighted by Crippen LogP contribution is 2.53. The number of rotatable bonds is 2. The minimum Gasteiger partial charge on any atom is -0.316 e. The summed E-state index contributed by atoms with van der Waals surface area (Å²) in [4.78, 5) is 0. The largest absolute Gasteiger partial charge is 0.316 e. The number of aromatic nitrogens is 2. The zero-order valence-corrected chi connectivity index (χ0v) is 11.3. The molecule has 1 aliphatic rings. The molecule has 0 bridgehead atoms. The van der Waals surface area contributed by atoms with Gasteiger partial charge in [0.05, 0.1) is 5.69 Å². The van der Waals surface area contributed by atoms with E-state index in [1.807, 2.05) is 11.7 Å². The van der Waals surface area contributed by atoms with Crippen molar-refractivity contribution in [2.75, 3.05) is 7.05 Å². The summed E-state index contributed by atoms with van der Waals surface area (Å²) in [6.45, 7) is 9.02. The Kier molecular flexibility index (Phi) is 2.61. The van der Waals surface area contributed by atoms with E-state index in [0.717, 1.165) is 0 Å². The van der Waals surface area contributed by atoms with E-state index < -0.39 is 0 Å². The molecule has 1 heterocycles. The summed E-state index contributed by atoms with van der Waals surface area (Å²) in [6.07, 6.45) is 1.23. The van der Waals surface area contributed by atoms with E-state index in [4.69, 9.17) is 0 Å². The highest BCUT2D eigenvalue weighted by atomic mass is 15.3. The predicted molar refractivity (Wildman–Crippen MR) is 66.7 cm³/mol. The van der Waals surface area contributed by atoms with E-state index in [9.17, 15) is 0 Å². The summed E-state index contributed by atoms with van der Waals surface area (Å²) in [6, 6.07) is 0.636. The van der Waals surface area contributed by atoms with Crippen LogP contribution in [0, 0.1) is 19.3 Å². The summed E-state index contributed by atoms with van der Waals surface area (Å²) >= 11 is 0. The molecule has 16 heavy (non-hydrogen) atoms. The molecular formula is C13H23N3. The molecule has 3 heteroatoms. The van der Waals surface area contributed by atoms with Crippen molar-refractivity contribution >= 4 is 0 Å². The third kappa shape index (κ3) is 1.41. The van der Waals surface area contributed by atoms with Gasteiger partial charge in [-0.1, -0.05) is 13.8 Å². The average Bonchev–Trinajstić information content (AvgIpc) is 2.44. The Bertz CT molecular complexity index is 404. The predicted octanol–water partition coefficient (Wildman–Crippen LogP) is 2.14. The van der Waals surface area contributed by atoms with E-state index in [-0.39, 0.29) is 0 Å². The molecule has 3 nitrogen and oxygen atoms in total. The maximum Gasteiger partial charge on any atom is 0.0631 e. The Morgan fingerprint density at radius 1 is 1.38 bits per heavy atom. The first-order chi connectivity index (χ1) is 7.39. The second-order valence-electron chi connectivity index (χ2n) is 5.66. The lowest BCUT2D eigenvalue weighted by Crippen LogP contribution is -2.54. The molecule has 1 N–H and O–H groups in total. The van der Waals surface area contributed by atoms with Crippen LogP contribution in [0.15, 0.2) is 0 Å². The molecule has 1 fully saturated rings. The van der Waals surface area contributed by atoms with Gasteiger partial charge in [0.15, 0.2) is 0 Å². The molecule has 2 atom stereocenters. The summed E-state index contributed by atoms with van der Waals surface area (Å²) in [5.74, 6) is 0.652. The maximum absolute atomic E-state index is 4.53. The van der Waals surface area contributed by atoms with E-state index >= 15 is 0 Å². The molecule has 2 unspecified atom stereocenters. The Hall–Kier alpha value is -0.830. The molecule has 1 aliphatic carbocycles. The third-order valence-electron chi connectivity index (χ3n) is 4.53. The van der Waals surface area contributed by atoms with Crippen molar-refractivity contribution in [2.45, 2.75) is 46.1 Å². The second-order valence-corrected chi connectivity index (χ2v) is 5.66. The maximum atomic E-state index is 4.53. The van der Waals surface area contributed by atoms with Gasteiger partial charge in [-0.2, -0.15) is 5.10 Å². The lowest BCUT2D eigenvalue weighted by Gasteiger charge is -2.52. The van der Waals surface area contributed by atoms with Gasteiger partial charge in [0.25, 0.3) is 0 Å². The van der Waals surface area contributed by atoms with Gasteiger partial charge in [0, 0.05) is 18.8 Å². The smallest absolute Gasteiger partial charge is 0.0631 e. The molecule has 0 aliphatic heterocycles. The molecule has 1 aromatic heterocycles. The second kappa shape index (κ2) is 3.59. The molecule has 0 radical (unpaired) electrons. The van der Waals surface area contributed by atoms with Gasteiger partial charge < -0.3 is 5.32 Å². The fourth-order valence-electron chi connectivity index (χ4n) is 3.20. The quantitative estimate of drug-likeness (QED) is 0.829. The van der Waals surface area contributed by atoms with Crippen molar-refractivity contribution < 1.29 is 0 Å². The molecule has 1 saturated carbocycles. The van der Waals surface area contributed by atoms with Crippen LogP contribution in [-0.2, 0) is 7.05 Å². The highest BCUT2D eigenvalue weighted by Gasteiger charge is 2.49. The third-order valence-corrected chi connectivity index (χ3v) is 4.53. The van der Waals surface area contributed by atoms with E-state index in [1.165, 1.54) is 23.4 Å². The van der Waals surface area contributed by atoms with Crippen molar-refractivity contribution in [3.05, 3.63) is 17.0 Å². The van der Waals surface area contributed by atoms with Gasteiger partial charge in [-0.25, -0.2) is 0 Å². The van der Waals surface area contributed by atoms with Gasteiger partial charge in [-0.3, -0.25) is 4.68 Å². The Morgan fingerprint density at radius 3 is 2.38 bits per heavy atom. The SMILES string of the molecule is CNC1CC(c2c(C)nn(C)c2C)C1(C)C. The van der Waals surface area contributed by atoms with E-state index in [1.54, 1.807) is 0 Å². The minimum atomic E-state index is 0.341. The number of hydrogen-bond acceptors (Lipinski definition) is 2. The molecule has 0 aromatic carbocycles. The minimum absolute atomic E-state index is 0.341. The number of nitrogens with zero attached hydrogens (tertiary/aromatic N) is 2. The molecule has 0 amide bonds. The summed E-state index contributed by atoms with van der Waals surface area (Å²) < 4.78 is 2.01. The van der Waals surface area contributed by atoms with Crippen molar-refractivity contribution in [3.8, 4) is 0 Å². The Labute approximate surface area is 98.2 Å². The van der Waals surface area contributed by atoms with Crippen molar-refractivity contribution in [3.63, 3.8) is 0 Å². The van der Waals surface area contributed by atoms with Gasteiger partial charge in [-0.05, 0) is 44.2 Å². The molecular weight excluding hydrogens is 198 g/mol. The fourth-order valence-corrected chi connectivity index (χ4v) is 3.20. The van der Waals surface area contributed by atoms with Crippen molar-refractivity contribution in [1.82, 2.24) is 15.1 Å². The molecule has 1 aromatic rings. The summed E-state index contributed by atoms with van der Waals surface area (Å²) in [5, 5.41) is 7.94. The molecule has 0 saturated heterocycles. The van der Waals surface area contributed by atoms with Crippen LogP contribution in [0.5, 0.6) is 0 Å². The van der Waals surface area contributed by atoms with E-state index in [0.29, 0.717) is 17.4 Å². The Balaban J connectivity index is 2.34. The fraction of sp³-hybridized carbons (Fsp3) is 0.769. The van der Waals surface area contributed by atoms with Crippen LogP contribution in [-0.4, -0.2) is 22.9 Å². The first kappa shape index (κ1) is 11.6. The number of nitrogens with one attached hydrogen (secondary N) is 1. The van der Waals surface area contributed by atoms with Crippen LogP contribution >= 0.6 is 0 Å². The molecule has 2 rings (SSSR count). The van der Waals surface area contributed by atoms with E-state index in [2.05, 4.69) is 45.2 Å². The van der Waals surface area contributed by atoms with Crippen LogP contribution in [0.2, 0.25) is 0 Å². The normalized spacial score (nSPS) is 27.9. The Morgan fingerprint density at radius 2 is 2.00 bits per heavy atom. The molecule has 0 spiro atoms. The van der Waals surface area contributed by atoms with Crippen molar-refractivity contribution in [1.29, 1.82) is 0 Å². The van der Waals surface area contributed by atoms with Crippen LogP contribution in [0.3, 0.4) is 0 Å². The first-order valence-electron chi connectivity index (χ1n) is 6.07. The zero-order valence-electron chi connectivity index (χ0n) is 11.3. The first-order valence-corrected chi connectivity index (χ1v) is 6.07. The monoisotopic (exact) mass is 221 g/mol. The number of aryl methyl sites for hydroxylation is 2. The summed E-state index contributed by atoms with van der Waals surface area (Å²) in [5.41, 5.74) is 4.34. The van der Waals surface area contributed by atoms with Crippen LogP contribution < -0.4 is 5.32 Å². The van der Waals surface area contributed by atoms with Crippen LogP contribution in [0.4, 0.5) is 0 Å². The van der Waals surface area contributed by atoms with Gasteiger partial charge in [0.2, 0.25) is 0 Å². The molecule has 90 valence electrons. The average molecular weight is 221 g/mol. The zero-order chi connectivity index (χ0) is 12.1. The van der Waals surface area contributed by atoms with Crippen molar-refractivity contribution in [2.24, 2.45) is 12.5 Å². The lowest BCUT2D eigenvalue weighted by atomic mass is 9.56. The summed E-state index contributed by atoms with van der Waals surface area (Å²) in [7, 11) is 4.10. The van der Waals surface area contributed by atoms with Crippen LogP contribution in [0.1, 0.15) is 43.1 Å². The topological polar surface area (TPSA) is 29.9 Å². The van der Waals surface area contributed by atoms with Crippen LogP contribution in [0.25, 0.3) is 0 Å². The lowest BCUT2D eigenvalue weighted by molar-refractivity contribution is 0.0743. The van der Waals surface area contributed by atoms with Gasteiger partial charge in [-0.15, -0.1) is 0 Å². The highest BCUT2D eigenvalue weighted by molar-refractivity contribution is 5.34.